The second kappa shape index (κ2) is 13.1. The van der Waals surface area contributed by atoms with Gasteiger partial charge in [0.05, 0.1) is 24.1 Å². The summed E-state index contributed by atoms with van der Waals surface area (Å²) in [6.45, 7) is 5.77. The van der Waals surface area contributed by atoms with Gasteiger partial charge in [-0.25, -0.2) is 5.43 Å². The normalized spacial score (nSPS) is 23.5. The zero-order valence-electron chi connectivity index (χ0n) is 22.6. The molecule has 1 saturated carbocycles. The summed E-state index contributed by atoms with van der Waals surface area (Å²) in [6, 6.07) is 18.3. The molecule has 3 N–H and O–H groups in total. The van der Waals surface area contributed by atoms with Crippen LogP contribution in [0.5, 0.6) is 0 Å². The van der Waals surface area contributed by atoms with E-state index >= 15 is 0 Å². The van der Waals surface area contributed by atoms with Gasteiger partial charge in [-0.3, -0.25) is 14.4 Å². The first-order chi connectivity index (χ1) is 18.4. The van der Waals surface area contributed by atoms with Crippen LogP contribution < -0.4 is 15.8 Å². The van der Waals surface area contributed by atoms with E-state index in [1.165, 1.54) is 0 Å². The number of nitrogens with zero attached hydrogens (tertiary/aromatic N) is 1. The van der Waals surface area contributed by atoms with Crippen LogP contribution in [0.4, 0.5) is 5.69 Å². The number of hydrogen-bond acceptors (Lipinski definition) is 5. The lowest BCUT2D eigenvalue weighted by molar-refractivity contribution is -0.143. The lowest BCUT2D eigenvalue weighted by atomic mass is 9.81. The molecule has 0 bridgehead atoms. The molecule has 2 fully saturated rings. The Morgan fingerprint density at radius 3 is 2.37 bits per heavy atom. The van der Waals surface area contributed by atoms with Crippen LogP contribution in [0.15, 0.2) is 54.6 Å². The number of para-hydroxylation sites is 1. The van der Waals surface area contributed by atoms with Crippen molar-refractivity contribution < 1.29 is 19.5 Å². The summed E-state index contributed by atoms with van der Waals surface area (Å²) in [6.07, 6.45) is 4.63. The molecule has 1 heterocycles. The molecule has 7 heteroatoms. The highest BCUT2D eigenvalue weighted by atomic mass is 16.4. The van der Waals surface area contributed by atoms with Crippen molar-refractivity contribution in [2.24, 2.45) is 23.7 Å². The molecule has 3 unspecified atom stereocenters. The van der Waals surface area contributed by atoms with Crippen LogP contribution in [0.1, 0.15) is 63.0 Å². The molecule has 0 aromatic heterocycles. The van der Waals surface area contributed by atoms with Crippen LogP contribution in [0.3, 0.4) is 0 Å². The maximum Gasteiger partial charge on any atom is 0.306 e. The summed E-state index contributed by atoms with van der Waals surface area (Å²) in [5.74, 6) is -0.483. The molecule has 1 amide bonds. The highest BCUT2D eigenvalue weighted by Crippen LogP contribution is 2.31. The average Bonchev–Trinajstić information content (AvgIpc) is 2.94. The Labute approximate surface area is 226 Å². The number of carbonyl (C=O) groups excluding carboxylic acids is 2. The van der Waals surface area contributed by atoms with Crippen molar-refractivity contribution >= 4 is 23.3 Å². The quantitative estimate of drug-likeness (QED) is 0.425. The molecule has 38 heavy (non-hydrogen) atoms. The molecule has 4 rings (SSSR count). The summed E-state index contributed by atoms with van der Waals surface area (Å²) < 4.78 is 0. The van der Waals surface area contributed by atoms with Crippen molar-refractivity contribution in [1.29, 1.82) is 0 Å². The first kappa shape index (κ1) is 27.8. The van der Waals surface area contributed by atoms with Gasteiger partial charge in [0.1, 0.15) is 0 Å². The van der Waals surface area contributed by atoms with E-state index in [0.29, 0.717) is 44.8 Å². The van der Waals surface area contributed by atoms with Crippen LogP contribution in [0, 0.1) is 23.7 Å². The molecule has 7 nitrogen and oxygen atoms in total. The molecule has 0 spiro atoms. The fourth-order valence-corrected chi connectivity index (χ4v) is 5.78. The summed E-state index contributed by atoms with van der Waals surface area (Å²) in [4.78, 5) is 37.2. The molecule has 1 saturated heterocycles. The molecule has 2 aromatic rings. The van der Waals surface area contributed by atoms with Crippen molar-refractivity contribution in [1.82, 2.24) is 10.7 Å². The summed E-state index contributed by atoms with van der Waals surface area (Å²) in [7, 11) is 0. The zero-order valence-corrected chi connectivity index (χ0v) is 22.6. The Morgan fingerprint density at radius 2 is 1.74 bits per heavy atom. The molecule has 2 aromatic carbocycles. The summed E-state index contributed by atoms with van der Waals surface area (Å²) >= 11 is 0. The Balaban J connectivity index is 1.36. The molecule has 3 atom stereocenters. The Morgan fingerprint density at radius 1 is 1.05 bits per heavy atom. The van der Waals surface area contributed by atoms with Crippen molar-refractivity contribution in [2.45, 2.75) is 58.3 Å². The molecule has 2 aliphatic rings. The van der Waals surface area contributed by atoms with E-state index in [9.17, 15) is 19.5 Å². The second-order valence-corrected chi connectivity index (χ2v) is 11.1. The van der Waals surface area contributed by atoms with Gasteiger partial charge in [0.15, 0.2) is 5.78 Å². The fraction of sp³-hybridized carbons (Fsp3) is 0.516. The smallest absolute Gasteiger partial charge is 0.306 e. The van der Waals surface area contributed by atoms with E-state index in [4.69, 9.17) is 0 Å². The highest BCUT2D eigenvalue weighted by Gasteiger charge is 2.30. The number of Topliss-reactive ketones (excluding diaryl/α,β-unsaturated/α-hetero) is 1. The monoisotopic (exact) mass is 519 g/mol. The number of aliphatic carboxylic acids is 1. The van der Waals surface area contributed by atoms with Gasteiger partial charge in [-0.05, 0) is 67.2 Å². The Hall–Kier alpha value is -3.19. The number of hydrogen-bond donors (Lipinski definition) is 3. The average molecular weight is 520 g/mol. The van der Waals surface area contributed by atoms with Crippen LogP contribution in [0.25, 0.3) is 0 Å². The molecule has 204 valence electrons. The number of carboxylic acid groups (broad SMARTS) is 1. The molecule has 0 radical (unpaired) electrons. The van der Waals surface area contributed by atoms with Gasteiger partial charge in [-0.1, -0.05) is 62.7 Å². The van der Waals surface area contributed by atoms with Crippen LogP contribution in [0.2, 0.25) is 0 Å². The lowest BCUT2D eigenvalue weighted by Gasteiger charge is -2.34. The Bertz CT molecular complexity index is 1080. The number of nitrogens with one attached hydrogen (secondary N) is 2. The van der Waals surface area contributed by atoms with Crippen LogP contribution >= 0.6 is 0 Å². The minimum absolute atomic E-state index is 0.0412. The van der Waals surface area contributed by atoms with Crippen molar-refractivity contribution in [3.63, 3.8) is 0 Å². The maximum atomic E-state index is 13.3. The fourth-order valence-electron chi connectivity index (χ4n) is 5.78. The van der Waals surface area contributed by atoms with Gasteiger partial charge in [-0.2, -0.15) is 0 Å². The van der Waals surface area contributed by atoms with Gasteiger partial charge >= 0.3 is 5.97 Å². The third-order valence-corrected chi connectivity index (χ3v) is 8.45. The van der Waals surface area contributed by atoms with E-state index in [2.05, 4.69) is 41.7 Å². The number of amides is 1. The predicted octanol–water partition coefficient (Wildman–Crippen LogP) is 4.58. The molecular formula is C31H41N3O4. The van der Waals surface area contributed by atoms with Gasteiger partial charge in [0.25, 0.3) is 0 Å². The first-order valence-electron chi connectivity index (χ1n) is 14.0. The van der Waals surface area contributed by atoms with Crippen molar-refractivity contribution in [3.8, 4) is 0 Å². The number of carbonyl (C=O) groups is 3. The third-order valence-electron chi connectivity index (χ3n) is 8.45. The van der Waals surface area contributed by atoms with E-state index in [0.717, 1.165) is 36.1 Å². The van der Waals surface area contributed by atoms with E-state index in [1.807, 2.05) is 42.5 Å². The number of benzene rings is 2. The highest BCUT2D eigenvalue weighted by molar-refractivity contribution is 5.85. The van der Waals surface area contributed by atoms with E-state index in [-0.39, 0.29) is 35.4 Å². The van der Waals surface area contributed by atoms with Gasteiger partial charge in [-0.15, -0.1) is 0 Å². The third kappa shape index (κ3) is 7.01. The minimum Gasteiger partial charge on any atom is -0.481 e. The van der Waals surface area contributed by atoms with Crippen LogP contribution in [-0.2, 0) is 20.8 Å². The van der Waals surface area contributed by atoms with Gasteiger partial charge in [0.2, 0.25) is 5.91 Å². The maximum absolute atomic E-state index is 13.3. The minimum atomic E-state index is -0.703. The second-order valence-electron chi connectivity index (χ2n) is 11.1. The lowest BCUT2D eigenvalue weighted by Crippen LogP contribution is -2.52. The van der Waals surface area contributed by atoms with E-state index < -0.39 is 5.97 Å². The number of hydrazine groups is 1. The van der Waals surface area contributed by atoms with Gasteiger partial charge < -0.3 is 15.4 Å². The topological polar surface area (TPSA) is 98.7 Å². The largest absolute Gasteiger partial charge is 0.481 e. The number of carboxylic acids is 1. The number of rotatable bonds is 10. The van der Waals surface area contributed by atoms with Crippen molar-refractivity contribution in [2.75, 3.05) is 24.6 Å². The first-order valence-corrected chi connectivity index (χ1v) is 14.0. The molecular weight excluding hydrogens is 478 g/mol. The summed E-state index contributed by atoms with van der Waals surface area (Å²) in [5.41, 5.74) is 6.36. The zero-order chi connectivity index (χ0) is 27.1. The number of ketones is 1. The molecule has 1 aliphatic heterocycles. The molecule has 1 aliphatic carbocycles. The predicted molar refractivity (Wildman–Crippen MR) is 149 cm³/mol. The Kier molecular flexibility index (Phi) is 9.56. The van der Waals surface area contributed by atoms with E-state index in [1.54, 1.807) is 0 Å². The summed E-state index contributed by atoms with van der Waals surface area (Å²) in [5, 5.41) is 14.4. The van der Waals surface area contributed by atoms with Gasteiger partial charge in [0, 0.05) is 19.0 Å². The standard InChI is InChI=1S/C31H41N3O4/c1-3-21(2)29(30(36)32-18-23-11-15-25(16-12-23)31(37)38)24-13-9-22(10-14-24)17-26-20-34(33-19-28(26)35)27-7-5-4-6-8-27/h4-10,13-14,21,23,25-26,29,33H,3,11-12,15-20H2,1-2H3,(H,32,36)(H,37,38). The number of anilines is 1. The SMILES string of the molecule is CCC(C)C(C(=O)NCC1CCC(C(=O)O)CC1)c1ccc(CC2CN(c3ccccc3)NCC2=O)cc1. The van der Waals surface area contributed by atoms with Crippen molar-refractivity contribution in [3.05, 3.63) is 65.7 Å². The van der Waals surface area contributed by atoms with Crippen LogP contribution in [-0.4, -0.2) is 42.4 Å².